The van der Waals surface area contributed by atoms with E-state index in [1.165, 1.54) is 0 Å². The maximum atomic E-state index is 11.7. The largest absolute Gasteiger partial charge is 0.480 e. The lowest BCUT2D eigenvalue weighted by Gasteiger charge is -2.05. The summed E-state index contributed by atoms with van der Waals surface area (Å²) in [6.45, 7) is 0. The van der Waals surface area contributed by atoms with Crippen LogP contribution in [0.3, 0.4) is 0 Å². The summed E-state index contributed by atoms with van der Waals surface area (Å²) in [4.78, 5) is 22.9. The molecule has 2 rings (SSSR count). The van der Waals surface area contributed by atoms with Crippen LogP contribution < -0.4 is 11.3 Å². The van der Waals surface area contributed by atoms with Gasteiger partial charge in [-0.05, 0) is 5.56 Å². The second-order valence-corrected chi connectivity index (χ2v) is 4.30. The number of nitrogens with two attached hydrogens (primary N) is 1. The van der Waals surface area contributed by atoms with Crippen LogP contribution >= 0.6 is 11.5 Å². The van der Waals surface area contributed by atoms with Crippen molar-refractivity contribution in [2.24, 2.45) is 5.73 Å². The molecule has 1 aromatic heterocycles. The average molecular weight is 250 g/mol. The predicted molar refractivity (Wildman–Crippen MR) is 64.9 cm³/mol. The lowest BCUT2D eigenvalue weighted by molar-refractivity contribution is -0.138. The highest BCUT2D eigenvalue weighted by molar-refractivity contribution is 7.06. The van der Waals surface area contributed by atoms with Crippen molar-refractivity contribution in [2.75, 3.05) is 0 Å². The number of aromatic amines is 1. The number of H-pyrrole nitrogens is 1. The molecule has 0 amide bonds. The highest BCUT2D eigenvalue weighted by atomic mass is 32.1. The summed E-state index contributed by atoms with van der Waals surface area (Å²) >= 11 is 0.964. The van der Waals surface area contributed by atoms with Crippen LogP contribution in [0, 0.1) is 0 Å². The standard InChI is InChI=1S/C11H10N2O3S/c12-8(11(15)16)9-7(10(14)13-17-9)6-4-2-1-3-5-6/h1-5,8H,12H2,(H,13,14)(H,15,16). The van der Waals surface area contributed by atoms with E-state index in [0.29, 0.717) is 16.0 Å². The maximum absolute atomic E-state index is 11.7. The first kappa shape index (κ1) is 11.6. The number of rotatable bonds is 3. The molecule has 0 spiro atoms. The SMILES string of the molecule is NC(C(=O)O)c1s[nH]c(=O)c1-c1ccccc1. The van der Waals surface area contributed by atoms with Crippen molar-refractivity contribution in [3.05, 3.63) is 45.6 Å². The summed E-state index contributed by atoms with van der Waals surface area (Å²) in [7, 11) is 0. The van der Waals surface area contributed by atoms with E-state index in [1.807, 2.05) is 6.07 Å². The van der Waals surface area contributed by atoms with E-state index in [9.17, 15) is 9.59 Å². The van der Waals surface area contributed by atoms with E-state index in [-0.39, 0.29) is 5.56 Å². The van der Waals surface area contributed by atoms with Gasteiger partial charge in [0.2, 0.25) is 0 Å². The molecule has 1 aromatic carbocycles. The van der Waals surface area contributed by atoms with Gasteiger partial charge in [-0.25, -0.2) is 0 Å². The molecule has 1 heterocycles. The molecule has 0 saturated heterocycles. The van der Waals surface area contributed by atoms with Gasteiger partial charge in [-0.3, -0.25) is 14.0 Å². The fourth-order valence-electron chi connectivity index (χ4n) is 1.52. The first-order chi connectivity index (χ1) is 8.11. The number of hydrogen-bond donors (Lipinski definition) is 3. The fraction of sp³-hybridized carbons (Fsp3) is 0.0909. The number of aliphatic carboxylic acids is 1. The zero-order valence-electron chi connectivity index (χ0n) is 8.71. The molecule has 6 heteroatoms. The van der Waals surface area contributed by atoms with E-state index in [4.69, 9.17) is 10.8 Å². The van der Waals surface area contributed by atoms with Crippen LogP contribution in [0.2, 0.25) is 0 Å². The van der Waals surface area contributed by atoms with Gasteiger partial charge in [0.25, 0.3) is 5.56 Å². The topological polar surface area (TPSA) is 96.2 Å². The van der Waals surface area contributed by atoms with Crippen LogP contribution in [-0.2, 0) is 4.79 Å². The molecule has 2 aromatic rings. The van der Waals surface area contributed by atoms with Gasteiger partial charge in [0.15, 0.2) is 0 Å². The molecule has 0 saturated carbocycles. The van der Waals surface area contributed by atoms with Gasteiger partial charge in [-0.1, -0.05) is 41.9 Å². The van der Waals surface area contributed by atoms with E-state index < -0.39 is 12.0 Å². The predicted octanol–water partition coefficient (Wildman–Crippen LogP) is 1.19. The molecular weight excluding hydrogens is 240 g/mol. The molecule has 0 fully saturated rings. The molecule has 0 bridgehead atoms. The van der Waals surface area contributed by atoms with Gasteiger partial charge in [-0.2, -0.15) is 0 Å². The number of benzene rings is 1. The van der Waals surface area contributed by atoms with Crippen molar-refractivity contribution in [2.45, 2.75) is 6.04 Å². The summed E-state index contributed by atoms with van der Waals surface area (Å²) in [5.74, 6) is -1.16. The Hall–Kier alpha value is -1.92. The van der Waals surface area contributed by atoms with Gasteiger partial charge in [0, 0.05) is 0 Å². The quantitative estimate of drug-likeness (QED) is 0.762. The summed E-state index contributed by atoms with van der Waals surface area (Å²) < 4.78 is 2.51. The molecule has 1 unspecified atom stereocenters. The molecule has 4 N–H and O–H groups in total. The third-order valence-electron chi connectivity index (χ3n) is 2.34. The Bertz CT molecular complexity index is 588. The zero-order valence-corrected chi connectivity index (χ0v) is 9.53. The van der Waals surface area contributed by atoms with Gasteiger partial charge in [0.05, 0.1) is 10.4 Å². The van der Waals surface area contributed by atoms with Gasteiger partial charge in [-0.15, -0.1) is 0 Å². The highest BCUT2D eigenvalue weighted by Crippen LogP contribution is 2.26. The third kappa shape index (κ3) is 2.13. The van der Waals surface area contributed by atoms with Crippen LogP contribution in [0.5, 0.6) is 0 Å². The van der Waals surface area contributed by atoms with Gasteiger partial charge in [0.1, 0.15) is 6.04 Å². The molecule has 1 atom stereocenters. The van der Waals surface area contributed by atoms with E-state index in [0.717, 1.165) is 11.5 Å². The van der Waals surface area contributed by atoms with Gasteiger partial charge >= 0.3 is 5.97 Å². The number of nitrogens with one attached hydrogen (secondary N) is 1. The second kappa shape index (κ2) is 4.52. The van der Waals surface area contributed by atoms with Crippen LogP contribution in [0.15, 0.2) is 35.1 Å². The lowest BCUT2D eigenvalue weighted by Crippen LogP contribution is -2.21. The second-order valence-electron chi connectivity index (χ2n) is 3.45. The molecule has 0 aliphatic carbocycles. The molecule has 0 aliphatic rings. The highest BCUT2D eigenvalue weighted by Gasteiger charge is 2.23. The summed E-state index contributed by atoms with van der Waals surface area (Å²) in [5.41, 5.74) is 6.24. The molecule has 0 aliphatic heterocycles. The van der Waals surface area contributed by atoms with Crippen molar-refractivity contribution < 1.29 is 9.90 Å². The number of carboxylic acids is 1. The normalized spacial score (nSPS) is 12.3. The minimum atomic E-state index is -1.19. The Kier molecular flexibility index (Phi) is 3.08. The monoisotopic (exact) mass is 250 g/mol. The van der Waals surface area contributed by atoms with Crippen molar-refractivity contribution >= 4 is 17.5 Å². The Morgan fingerprint density at radius 2 is 2.00 bits per heavy atom. The average Bonchev–Trinajstić information content (AvgIpc) is 2.71. The van der Waals surface area contributed by atoms with Crippen molar-refractivity contribution in [1.29, 1.82) is 0 Å². The molecule has 5 nitrogen and oxygen atoms in total. The first-order valence-electron chi connectivity index (χ1n) is 4.86. The fourth-order valence-corrected chi connectivity index (χ4v) is 2.37. The maximum Gasteiger partial charge on any atom is 0.326 e. The van der Waals surface area contributed by atoms with Crippen molar-refractivity contribution in [3.63, 3.8) is 0 Å². The smallest absolute Gasteiger partial charge is 0.326 e. The van der Waals surface area contributed by atoms with Crippen molar-refractivity contribution in [1.82, 2.24) is 4.37 Å². The Morgan fingerprint density at radius 1 is 1.35 bits per heavy atom. The Morgan fingerprint density at radius 3 is 2.59 bits per heavy atom. The zero-order chi connectivity index (χ0) is 12.4. The Labute approximate surface area is 101 Å². The Balaban J connectivity index is 2.58. The van der Waals surface area contributed by atoms with E-state index in [1.54, 1.807) is 24.3 Å². The summed E-state index contributed by atoms with van der Waals surface area (Å²) in [5, 5.41) is 8.88. The molecule has 17 heavy (non-hydrogen) atoms. The number of aromatic nitrogens is 1. The lowest BCUT2D eigenvalue weighted by atomic mass is 10.0. The molecule has 0 radical (unpaired) electrons. The van der Waals surface area contributed by atoms with Gasteiger partial charge < -0.3 is 10.8 Å². The third-order valence-corrected chi connectivity index (χ3v) is 3.30. The number of hydrogen-bond acceptors (Lipinski definition) is 4. The minimum absolute atomic E-state index is 0.312. The molecular formula is C11H10N2O3S. The van der Waals surface area contributed by atoms with E-state index >= 15 is 0 Å². The summed E-state index contributed by atoms with van der Waals surface area (Å²) in [6.07, 6.45) is 0. The molecule has 88 valence electrons. The number of carbonyl (C=O) groups is 1. The van der Waals surface area contributed by atoms with E-state index in [2.05, 4.69) is 4.37 Å². The van der Waals surface area contributed by atoms with Crippen LogP contribution in [0.1, 0.15) is 10.9 Å². The number of carboxylic acid groups (broad SMARTS) is 1. The first-order valence-corrected chi connectivity index (χ1v) is 5.68. The van der Waals surface area contributed by atoms with Crippen LogP contribution in [0.25, 0.3) is 11.1 Å². The van der Waals surface area contributed by atoms with Crippen molar-refractivity contribution in [3.8, 4) is 11.1 Å². The van der Waals surface area contributed by atoms with Crippen LogP contribution in [-0.4, -0.2) is 15.4 Å². The summed E-state index contributed by atoms with van der Waals surface area (Å²) in [6, 6.07) is 7.69. The van der Waals surface area contributed by atoms with Crippen LogP contribution in [0.4, 0.5) is 0 Å². The minimum Gasteiger partial charge on any atom is -0.480 e.